The fourth-order valence-corrected chi connectivity index (χ4v) is 4.53. The van der Waals surface area contributed by atoms with Crippen LogP contribution in [0.5, 0.6) is 0 Å². The van der Waals surface area contributed by atoms with E-state index in [1.54, 1.807) is 0 Å². The molecule has 2 aliphatic rings. The first kappa shape index (κ1) is 17.2. The normalized spacial score (nSPS) is 27.1. The summed E-state index contributed by atoms with van der Waals surface area (Å²) in [4.78, 5) is 5.36. The van der Waals surface area contributed by atoms with Crippen LogP contribution in [-0.4, -0.2) is 54.6 Å². The molecule has 2 N–H and O–H groups in total. The molecule has 1 atom stereocenters. The predicted molar refractivity (Wildman–Crippen MR) is 91.6 cm³/mol. The summed E-state index contributed by atoms with van der Waals surface area (Å²) in [5.74, 6) is 0. The average molecular weight is 296 g/mol. The van der Waals surface area contributed by atoms with Crippen molar-refractivity contribution in [3.05, 3.63) is 0 Å². The van der Waals surface area contributed by atoms with E-state index < -0.39 is 0 Å². The van der Waals surface area contributed by atoms with Gasteiger partial charge in [-0.25, -0.2) is 0 Å². The maximum absolute atomic E-state index is 6.25. The van der Waals surface area contributed by atoms with Crippen molar-refractivity contribution in [3.63, 3.8) is 0 Å². The molecule has 21 heavy (non-hydrogen) atoms. The van der Waals surface area contributed by atoms with Crippen molar-refractivity contribution in [2.24, 2.45) is 5.73 Å². The average Bonchev–Trinajstić information content (AvgIpc) is 2.53. The summed E-state index contributed by atoms with van der Waals surface area (Å²) >= 11 is 0. The zero-order valence-corrected chi connectivity index (χ0v) is 14.4. The van der Waals surface area contributed by atoms with E-state index in [9.17, 15) is 0 Å². The van der Waals surface area contributed by atoms with Crippen LogP contribution >= 0.6 is 0 Å². The summed E-state index contributed by atoms with van der Waals surface area (Å²) < 4.78 is 0. The Balaban J connectivity index is 1.93. The quantitative estimate of drug-likeness (QED) is 0.782. The highest BCUT2D eigenvalue weighted by molar-refractivity contribution is 4.94. The third kappa shape index (κ3) is 4.43. The number of nitrogens with zero attached hydrogens (tertiary/aromatic N) is 2. The molecule has 3 nitrogen and oxygen atoms in total. The summed E-state index contributed by atoms with van der Waals surface area (Å²) in [5.41, 5.74) is 6.57. The van der Waals surface area contributed by atoms with E-state index in [-0.39, 0.29) is 0 Å². The first-order valence-corrected chi connectivity index (χ1v) is 9.37. The molecular formula is C18H37N3. The molecule has 1 saturated carbocycles. The molecule has 0 aromatic rings. The van der Waals surface area contributed by atoms with Gasteiger partial charge in [0.1, 0.15) is 0 Å². The summed E-state index contributed by atoms with van der Waals surface area (Å²) in [7, 11) is 2.31. The van der Waals surface area contributed by atoms with Gasteiger partial charge >= 0.3 is 0 Å². The van der Waals surface area contributed by atoms with Gasteiger partial charge in [-0.1, -0.05) is 32.6 Å². The van der Waals surface area contributed by atoms with Crippen LogP contribution in [0.4, 0.5) is 0 Å². The van der Waals surface area contributed by atoms with Crippen LogP contribution in [0.25, 0.3) is 0 Å². The molecule has 124 valence electrons. The molecule has 2 rings (SSSR count). The van der Waals surface area contributed by atoms with Crippen LogP contribution in [-0.2, 0) is 0 Å². The topological polar surface area (TPSA) is 32.5 Å². The van der Waals surface area contributed by atoms with Gasteiger partial charge in [0.25, 0.3) is 0 Å². The first-order valence-electron chi connectivity index (χ1n) is 9.37. The summed E-state index contributed by atoms with van der Waals surface area (Å²) in [6.45, 7) is 6.94. The smallest absolute Gasteiger partial charge is 0.0331 e. The molecule has 2 fully saturated rings. The van der Waals surface area contributed by atoms with E-state index >= 15 is 0 Å². The Morgan fingerprint density at radius 2 is 1.86 bits per heavy atom. The maximum atomic E-state index is 6.25. The molecule has 1 unspecified atom stereocenters. The van der Waals surface area contributed by atoms with Crippen molar-refractivity contribution in [2.75, 3.05) is 33.2 Å². The molecule has 1 heterocycles. The molecule has 1 aliphatic carbocycles. The van der Waals surface area contributed by atoms with Crippen LogP contribution in [0.3, 0.4) is 0 Å². The standard InChI is InChI=1S/C18H37N3/c1-3-13-21(18(16-19)11-6-4-7-12-18)15-10-17-9-5-8-14-20(17)2/h17H,3-16,19H2,1-2H3. The van der Waals surface area contributed by atoms with Crippen molar-refractivity contribution in [2.45, 2.75) is 82.7 Å². The molecule has 0 spiro atoms. The number of likely N-dealkylation sites (tertiary alicyclic amines) is 1. The minimum atomic E-state index is 0.321. The molecule has 0 amide bonds. The van der Waals surface area contributed by atoms with Gasteiger partial charge in [-0.2, -0.15) is 0 Å². The van der Waals surface area contributed by atoms with Gasteiger partial charge in [0, 0.05) is 24.7 Å². The zero-order valence-electron chi connectivity index (χ0n) is 14.4. The Morgan fingerprint density at radius 3 is 2.48 bits per heavy atom. The van der Waals surface area contributed by atoms with E-state index in [0.717, 1.165) is 12.6 Å². The lowest BCUT2D eigenvalue weighted by Gasteiger charge is -2.47. The van der Waals surface area contributed by atoms with Gasteiger partial charge in [-0.05, 0) is 58.7 Å². The molecule has 0 radical (unpaired) electrons. The van der Waals surface area contributed by atoms with Crippen molar-refractivity contribution in [1.82, 2.24) is 9.80 Å². The van der Waals surface area contributed by atoms with E-state index in [1.165, 1.54) is 83.8 Å². The number of piperidine rings is 1. The Labute approximate surface area is 132 Å². The zero-order chi connectivity index (χ0) is 15.1. The molecule has 3 heteroatoms. The lowest BCUT2D eigenvalue weighted by molar-refractivity contribution is 0.0444. The SMILES string of the molecule is CCCN(CCC1CCCCN1C)C1(CN)CCCCC1. The Kier molecular flexibility index (Phi) is 6.97. The molecule has 0 aromatic carbocycles. The second-order valence-corrected chi connectivity index (χ2v) is 7.40. The minimum Gasteiger partial charge on any atom is -0.329 e. The molecule has 0 aromatic heterocycles. The maximum Gasteiger partial charge on any atom is 0.0331 e. The molecular weight excluding hydrogens is 258 g/mol. The highest BCUT2D eigenvalue weighted by Gasteiger charge is 2.36. The third-order valence-corrected chi connectivity index (χ3v) is 5.98. The lowest BCUT2D eigenvalue weighted by Crippen LogP contribution is -2.56. The van der Waals surface area contributed by atoms with Crippen molar-refractivity contribution < 1.29 is 0 Å². The van der Waals surface area contributed by atoms with Crippen LogP contribution in [0.2, 0.25) is 0 Å². The van der Waals surface area contributed by atoms with Gasteiger partial charge < -0.3 is 10.6 Å². The van der Waals surface area contributed by atoms with E-state index in [0.29, 0.717) is 5.54 Å². The number of nitrogens with two attached hydrogens (primary N) is 1. The summed E-state index contributed by atoms with van der Waals surface area (Å²) in [6, 6.07) is 0.802. The second-order valence-electron chi connectivity index (χ2n) is 7.40. The number of rotatable bonds is 7. The summed E-state index contributed by atoms with van der Waals surface area (Å²) in [5, 5.41) is 0. The van der Waals surface area contributed by atoms with Crippen molar-refractivity contribution in [3.8, 4) is 0 Å². The van der Waals surface area contributed by atoms with Crippen molar-refractivity contribution >= 4 is 0 Å². The van der Waals surface area contributed by atoms with E-state index in [2.05, 4.69) is 23.8 Å². The van der Waals surface area contributed by atoms with Crippen LogP contribution < -0.4 is 5.73 Å². The first-order chi connectivity index (χ1) is 10.2. The fourth-order valence-electron chi connectivity index (χ4n) is 4.53. The summed E-state index contributed by atoms with van der Waals surface area (Å²) in [6.07, 6.45) is 13.6. The van der Waals surface area contributed by atoms with Gasteiger partial charge in [0.15, 0.2) is 0 Å². The number of hydrogen-bond donors (Lipinski definition) is 1. The van der Waals surface area contributed by atoms with Crippen molar-refractivity contribution in [1.29, 1.82) is 0 Å². The van der Waals surface area contributed by atoms with Crippen LogP contribution in [0.1, 0.15) is 71.1 Å². The largest absolute Gasteiger partial charge is 0.329 e. The Morgan fingerprint density at radius 1 is 1.10 bits per heavy atom. The van der Waals surface area contributed by atoms with Gasteiger partial charge in [-0.15, -0.1) is 0 Å². The lowest BCUT2D eigenvalue weighted by atomic mass is 9.79. The van der Waals surface area contributed by atoms with E-state index in [1.807, 2.05) is 0 Å². The predicted octanol–water partition coefficient (Wildman–Crippen LogP) is 3.23. The Bertz CT molecular complexity index is 286. The highest BCUT2D eigenvalue weighted by atomic mass is 15.2. The minimum absolute atomic E-state index is 0.321. The fraction of sp³-hybridized carbons (Fsp3) is 1.00. The molecule has 1 saturated heterocycles. The van der Waals surface area contributed by atoms with Gasteiger partial charge in [-0.3, -0.25) is 4.90 Å². The van der Waals surface area contributed by atoms with Gasteiger partial charge in [0.2, 0.25) is 0 Å². The van der Waals surface area contributed by atoms with Crippen LogP contribution in [0.15, 0.2) is 0 Å². The molecule has 0 bridgehead atoms. The second kappa shape index (κ2) is 8.50. The molecule has 1 aliphatic heterocycles. The highest BCUT2D eigenvalue weighted by Crippen LogP contribution is 2.33. The Hall–Kier alpha value is -0.120. The van der Waals surface area contributed by atoms with Crippen LogP contribution in [0, 0.1) is 0 Å². The van der Waals surface area contributed by atoms with E-state index in [4.69, 9.17) is 5.73 Å². The monoisotopic (exact) mass is 295 g/mol. The number of hydrogen-bond acceptors (Lipinski definition) is 3. The third-order valence-electron chi connectivity index (χ3n) is 5.98. The van der Waals surface area contributed by atoms with Gasteiger partial charge in [0.05, 0.1) is 0 Å².